The molecule has 0 aliphatic carbocycles. The monoisotopic (exact) mass is 559 g/mol. The average Bonchev–Trinajstić information content (AvgIpc) is 2.89. The van der Waals surface area contributed by atoms with Crippen molar-refractivity contribution >= 4 is 23.5 Å². The lowest BCUT2D eigenvalue weighted by atomic mass is 9.95. The summed E-state index contributed by atoms with van der Waals surface area (Å²) < 4.78 is 16.7. The van der Waals surface area contributed by atoms with Gasteiger partial charge in [-0.1, -0.05) is 12.1 Å². The van der Waals surface area contributed by atoms with Gasteiger partial charge in [0.05, 0.1) is 24.8 Å². The molecule has 1 saturated heterocycles. The highest BCUT2D eigenvalue weighted by Gasteiger charge is 2.48. The minimum absolute atomic E-state index is 0.0674. The maximum Gasteiger partial charge on any atom is 0.337 e. The van der Waals surface area contributed by atoms with Gasteiger partial charge in [0.25, 0.3) is 0 Å². The lowest BCUT2D eigenvalue weighted by molar-refractivity contribution is -0.302. The molecule has 2 amide bonds. The normalized spacial score (nSPS) is 26.1. The number of rotatable bonds is 14. The number of para-hydroxylation sites is 1. The number of aliphatic hydroxyl groups is 5. The second kappa shape index (κ2) is 15.0. The molecular formula is C24H37N3O12. The molecule has 1 heterocycles. The lowest BCUT2D eigenvalue weighted by Crippen LogP contribution is -2.67. The molecule has 1 aliphatic heterocycles. The Labute approximate surface area is 224 Å². The Hall–Kier alpha value is -2.89. The quantitative estimate of drug-likeness (QED) is 0.111. The third kappa shape index (κ3) is 8.55. The molecule has 39 heavy (non-hydrogen) atoms. The van der Waals surface area contributed by atoms with Gasteiger partial charge in [0.2, 0.25) is 11.8 Å². The maximum absolute atomic E-state index is 11.9. The summed E-state index contributed by atoms with van der Waals surface area (Å²) in [6.07, 6.45) is -10.3. The van der Waals surface area contributed by atoms with Gasteiger partial charge < -0.3 is 60.8 Å². The summed E-state index contributed by atoms with van der Waals surface area (Å²) in [5.74, 6) is -2.37. The zero-order chi connectivity index (χ0) is 29.3. The van der Waals surface area contributed by atoms with Gasteiger partial charge in [-0.15, -0.1) is 0 Å². The van der Waals surface area contributed by atoms with E-state index in [2.05, 4.69) is 16.0 Å². The van der Waals surface area contributed by atoms with Crippen molar-refractivity contribution in [3.63, 3.8) is 0 Å². The zero-order valence-electron chi connectivity index (χ0n) is 21.8. The summed E-state index contributed by atoms with van der Waals surface area (Å²) >= 11 is 0. The number of nitrogens with one attached hydrogen (secondary N) is 3. The van der Waals surface area contributed by atoms with Crippen molar-refractivity contribution in [2.45, 2.75) is 68.8 Å². The first-order chi connectivity index (χ1) is 18.4. The van der Waals surface area contributed by atoms with Crippen LogP contribution in [0.1, 0.15) is 24.2 Å². The molecule has 1 fully saturated rings. The first kappa shape index (κ1) is 32.3. The predicted molar refractivity (Wildman–Crippen MR) is 134 cm³/mol. The van der Waals surface area contributed by atoms with E-state index in [1.807, 2.05) is 0 Å². The van der Waals surface area contributed by atoms with E-state index in [-0.39, 0.29) is 17.8 Å². The number of hydrogen-bond donors (Lipinski definition) is 9. The molecule has 15 heteroatoms. The summed E-state index contributed by atoms with van der Waals surface area (Å²) in [4.78, 5) is 35.3. The SMILES string of the molecule is CO[C@H]1C(CO)O[C@@H](O[C@@H](C(O)CO)[C@H](O)C(CNc2ccccc2C(=O)O)NC(C)=O)C(NC(C)=O)[C@H]1O. The van der Waals surface area contributed by atoms with Crippen molar-refractivity contribution < 1.29 is 59.2 Å². The Balaban J connectivity index is 2.35. The van der Waals surface area contributed by atoms with Crippen LogP contribution >= 0.6 is 0 Å². The first-order valence-corrected chi connectivity index (χ1v) is 12.1. The molecule has 9 N–H and O–H groups in total. The first-order valence-electron chi connectivity index (χ1n) is 12.1. The number of methoxy groups -OCH3 is 1. The Morgan fingerprint density at radius 3 is 2.31 bits per heavy atom. The molecule has 0 radical (unpaired) electrons. The maximum atomic E-state index is 11.9. The third-order valence-electron chi connectivity index (χ3n) is 6.16. The molecule has 0 aromatic heterocycles. The fourth-order valence-corrected chi connectivity index (χ4v) is 4.31. The minimum Gasteiger partial charge on any atom is -0.478 e. The summed E-state index contributed by atoms with van der Waals surface area (Å²) in [6.45, 7) is 0.601. The topological polar surface area (TPSA) is 236 Å². The van der Waals surface area contributed by atoms with Crippen LogP contribution in [0.5, 0.6) is 0 Å². The van der Waals surface area contributed by atoms with Gasteiger partial charge in [-0.25, -0.2) is 4.79 Å². The van der Waals surface area contributed by atoms with Gasteiger partial charge in [0.15, 0.2) is 6.29 Å². The van der Waals surface area contributed by atoms with Crippen LogP contribution in [0.4, 0.5) is 5.69 Å². The molecule has 2 rings (SSSR count). The van der Waals surface area contributed by atoms with E-state index in [0.29, 0.717) is 0 Å². The van der Waals surface area contributed by atoms with E-state index in [9.17, 15) is 45.0 Å². The van der Waals surface area contributed by atoms with Crippen molar-refractivity contribution in [2.75, 3.05) is 32.2 Å². The number of amides is 2. The largest absolute Gasteiger partial charge is 0.478 e. The van der Waals surface area contributed by atoms with E-state index >= 15 is 0 Å². The number of ether oxygens (including phenoxy) is 3. The van der Waals surface area contributed by atoms with Crippen molar-refractivity contribution in [2.24, 2.45) is 0 Å². The molecule has 9 atom stereocenters. The molecule has 1 aromatic carbocycles. The van der Waals surface area contributed by atoms with Crippen LogP contribution in [-0.4, -0.2) is 130 Å². The van der Waals surface area contributed by atoms with Crippen LogP contribution in [0.2, 0.25) is 0 Å². The Morgan fingerprint density at radius 2 is 1.77 bits per heavy atom. The molecule has 220 valence electrons. The number of anilines is 1. The standard InChI is InChI=1S/C24H37N3O12/c1-11(30)26-15(8-25-14-7-5-4-6-13(14)23(35)36)19(33)21(16(32)9-28)39-24-18(27-12(2)31)20(34)22(37-3)17(10-29)38-24/h4-7,15-22,24-25,28-29,32-34H,8-10H2,1-3H3,(H,26,30)(H,27,31)(H,35,36)/t15?,16?,17?,18?,19-,20-,21+,22+,24+/m1/s1. The van der Waals surface area contributed by atoms with Crippen molar-refractivity contribution in [1.82, 2.24) is 10.6 Å². The number of benzene rings is 1. The van der Waals surface area contributed by atoms with Crippen LogP contribution in [-0.2, 0) is 23.8 Å². The molecule has 4 unspecified atom stereocenters. The van der Waals surface area contributed by atoms with E-state index < -0.39 is 86.0 Å². The summed E-state index contributed by atoms with van der Waals surface area (Å²) in [5.41, 5.74) is 0.121. The zero-order valence-corrected chi connectivity index (χ0v) is 21.8. The summed E-state index contributed by atoms with van der Waals surface area (Å²) in [5, 5.41) is 69.1. The fraction of sp³-hybridized carbons (Fsp3) is 0.625. The van der Waals surface area contributed by atoms with E-state index in [1.165, 1.54) is 39.2 Å². The second-order valence-electron chi connectivity index (χ2n) is 9.02. The highest BCUT2D eigenvalue weighted by molar-refractivity contribution is 5.94. The fourth-order valence-electron chi connectivity index (χ4n) is 4.31. The molecule has 0 bridgehead atoms. The molecule has 1 aromatic rings. The van der Waals surface area contributed by atoms with Crippen LogP contribution in [0.15, 0.2) is 24.3 Å². The van der Waals surface area contributed by atoms with Gasteiger partial charge in [-0.05, 0) is 12.1 Å². The summed E-state index contributed by atoms with van der Waals surface area (Å²) in [7, 11) is 1.27. The van der Waals surface area contributed by atoms with Crippen molar-refractivity contribution in [3.8, 4) is 0 Å². The van der Waals surface area contributed by atoms with Crippen LogP contribution in [0.25, 0.3) is 0 Å². The van der Waals surface area contributed by atoms with Crippen LogP contribution < -0.4 is 16.0 Å². The minimum atomic E-state index is -1.74. The highest BCUT2D eigenvalue weighted by Crippen LogP contribution is 2.27. The van der Waals surface area contributed by atoms with Gasteiger partial charge in [-0.2, -0.15) is 0 Å². The van der Waals surface area contributed by atoms with Gasteiger partial charge in [0, 0.05) is 33.2 Å². The molecular weight excluding hydrogens is 522 g/mol. The summed E-state index contributed by atoms with van der Waals surface area (Å²) in [6, 6.07) is 3.45. The number of carboxylic acids is 1. The molecule has 15 nitrogen and oxygen atoms in total. The third-order valence-corrected chi connectivity index (χ3v) is 6.16. The second-order valence-corrected chi connectivity index (χ2v) is 9.02. The number of carbonyl (C=O) groups is 3. The highest BCUT2D eigenvalue weighted by atomic mass is 16.7. The molecule has 1 aliphatic rings. The van der Waals surface area contributed by atoms with Crippen LogP contribution in [0.3, 0.4) is 0 Å². The average molecular weight is 560 g/mol. The predicted octanol–water partition coefficient (Wildman–Crippen LogP) is -3.00. The Morgan fingerprint density at radius 1 is 1.10 bits per heavy atom. The Kier molecular flexibility index (Phi) is 12.5. The Bertz CT molecular complexity index is 966. The van der Waals surface area contributed by atoms with E-state index in [4.69, 9.17) is 14.2 Å². The van der Waals surface area contributed by atoms with E-state index in [0.717, 1.165) is 0 Å². The smallest absolute Gasteiger partial charge is 0.337 e. The number of aliphatic hydroxyl groups excluding tert-OH is 5. The van der Waals surface area contributed by atoms with Gasteiger partial charge in [0.1, 0.15) is 42.7 Å². The molecule has 0 spiro atoms. The molecule has 0 saturated carbocycles. The van der Waals surface area contributed by atoms with Gasteiger partial charge in [-0.3, -0.25) is 9.59 Å². The lowest BCUT2D eigenvalue weighted by Gasteiger charge is -2.45. The van der Waals surface area contributed by atoms with Crippen molar-refractivity contribution in [3.05, 3.63) is 29.8 Å². The number of hydrogen-bond acceptors (Lipinski definition) is 12. The number of aromatic carboxylic acids is 1. The van der Waals surface area contributed by atoms with Crippen LogP contribution in [0, 0.1) is 0 Å². The van der Waals surface area contributed by atoms with Gasteiger partial charge >= 0.3 is 5.97 Å². The number of carbonyl (C=O) groups excluding carboxylic acids is 2. The van der Waals surface area contributed by atoms with E-state index in [1.54, 1.807) is 6.07 Å². The number of carboxylic acid groups (broad SMARTS) is 1. The van der Waals surface area contributed by atoms with Crippen molar-refractivity contribution in [1.29, 1.82) is 0 Å².